The van der Waals surface area contributed by atoms with Gasteiger partial charge in [-0.1, -0.05) is 30.3 Å². The zero-order valence-corrected chi connectivity index (χ0v) is 15.4. The number of benzene rings is 2. The number of ether oxygens (including phenoxy) is 1. The minimum Gasteiger partial charge on any atom is -0.494 e. The zero-order valence-electron chi connectivity index (χ0n) is 12.2. The monoisotopic (exact) mass is 411 g/mol. The smallest absolute Gasteiger partial charge is 0.147 e. The van der Waals surface area contributed by atoms with Gasteiger partial charge in [0.1, 0.15) is 5.75 Å². The van der Waals surface area contributed by atoms with E-state index in [2.05, 4.69) is 80.5 Å². The summed E-state index contributed by atoms with van der Waals surface area (Å²) in [4.78, 5) is 0. The van der Waals surface area contributed by atoms with Crippen LogP contribution < -0.4 is 10.1 Å². The molecule has 0 aliphatic rings. The highest BCUT2D eigenvalue weighted by Gasteiger charge is 2.09. The van der Waals surface area contributed by atoms with Crippen molar-refractivity contribution in [3.05, 3.63) is 62.5 Å². The van der Waals surface area contributed by atoms with Crippen LogP contribution in [-0.4, -0.2) is 13.2 Å². The van der Waals surface area contributed by atoms with Crippen LogP contribution in [0.25, 0.3) is 0 Å². The summed E-state index contributed by atoms with van der Waals surface area (Å²) in [5.74, 6) is 0.830. The van der Waals surface area contributed by atoms with E-state index in [1.54, 1.807) is 7.11 Å². The van der Waals surface area contributed by atoms with Crippen molar-refractivity contribution in [2.75, 3.05) is 7.11 Å². The van der Waals surface area contributed by atoms with Crippen molar-refractivity contribution >= 4 is 31.9 Å². The van der Waals surface area contributed by atoms with Gasteiger partial charge in [0.15, 0.2) is 0 Å². The molecule has 0 aliphatic carbocycles. The van der Waals surface area contributed by atoms with Gasteiger partial charge in [0, 0.05) is 12.6 Å². The molecule has 0 aliphatic heterocycles. The first-order chi connectivity index (χ1) is 10.1. The molecule has 0 aromatic heterocycles. The van der Waals surface area contributed by atoms with Gasteiger partial charge in [0.2, 0.25) is 0 Å². The van der Waals surface area contributed by atoms with E-state index in [1.165, 1.54) is 11.1 Å². The van der Waals surface area contributed by atoms with Crippen LogP contribution in [0.3, 0.4) is 0 Å². The summed E-state index contributed by atoms with van der Waals surface area (Å²) in [6.07, 6.45) is 1.03. The Balaban J connectivity index is 1.94. The average Bonchev–Trinajstić information content (AvgIpc) is 2.46. The van der Waals surface area contributed by atoms with Gasteiger partial charge in [-0.05, 0) is 68.5 Å². The fourth-order valence-electron chi connectivity index (χ4n) is 2.24. The van der Waals surface area contributed by atoms with E-state index >= 15 is 0 Å². The van der Waals surface area contributed by atoms with Crippen LogP contribution in [0.5, 0.6) is 5.75 Å². The van der Waals surface area contributed by atoms with Gasteiger partial charge in [-0.3, -0.25) is 0 Å². The summed E-state index contributed by atoms with van der Waals surface area (Å²) >= 11 is 7.07. The molecule has 1 unspecified atom stereocenters. The molecule has 2 rings (SSSR count). The van der Waals surface area contributed by atoms with Crippen molar-refractivity contribution in [3.63, 3.8) is 0 Å². The van der Waals surface area contributed by atoms with E-state index < -0.39 is 0 Å². The lowest BCUT2D eigenvalue weighted by molar-refractivity contribution is 0.409. The van der Waals surface area contributed by atoms with E-state index in [1.807, 2.05) is 6.07 Å². The molecule has 0 saturated carbocycles. The molecule has 21 heavy (non-hydrogen) atoms. The van der Waals surface area contributed by atoms with Crippen molar-refractivity contribution in [2.24, 2.45) is 0 Å². The predicted octanol–water partition coefficient (Wildman–Crippen LogP) is 4.94. The van der Waals surface area contributed by atoms with Gasteiger partial charge < -0.3 is 10.1 Å². The van der Waals surface area contributed by atoms with Crippen molar-refractivity contribution in [3.8, 4) is 5.75 Å². The number of halogens is 2. The van der Waals surface area contributed by atoms with Crippen molar-refractivity contribution in [1.82, 2.24) is 5.32 Å². The Kier molecular flexibility index (Phi) is 6.27. The van der Waals surface area contributed by atoms with Gasteiger partial charge in [-0.25, -0.2) is 0 Å². The first-order valence-electron chi connectivity index (χ1n) is 6.89. The second-order valence-corrected chi connectivity index (χ2v) is 6.77. The van der Waals surface area contributed by atoms with Crippen LogP contribution in [0.1, 0.15) is 18.1 Å². The summed E-state index contributed by atoms with van der Waals surface area (Å²) in [7, 11) is 1.67. The van der Waals surface area contributed by atoms with Crippen LogP contribution in [0.2, 0.25) is 0 Å². The van der Waals surface area contributed by atoms with Crippen molar-refractivity contribution in [1.29, 1.82) is 0 Å². The third-order valence-corrected chi connectivity index (χ3v) is 4.48. The maximum Gasteiger partial charge on any atom is 0.147 e. The van der Waals surface area contributed by atoms with Gasteiger partial charge in [0.05, 0.1) is 16.1 Å². The molecule has 2 nitrogen and oxygen atoms in total. The molecule has 0 saturated heterocycles. The molecule has 4 heteroatoms. The molecular weight excluding hydrogens is 394 g/mol. The molecule has 2 aromatic rings. The number of rotatable bonds is 6. The topological polar surface area (TPSA) is 21.3 Å². The minimum atomic E-state index is 0.423. The van der Waals surface area contributed by atoms with Crippen LogP contribution in [0.4, 0.5) is 0 Å². The minimum absolute atomic E-state index is 0.423. The van der Waals surface area contributed by atoms with Gasteiger partial charge in [-0.15, -0.1) is 0 Å². The van der Waals surface area contributed by atoms with E-state index in [-0.39, 0.29) is 0 Å². The lowest BCUT2D eigenvalue weighted by atomic mass is 10.1. The highest BCUT2D eigenvalue weighted by atomic mass is 79.9. The molecule has 2 aromatic carbocycles. The van der Waals surface area contributed by atoms with E-state index in [0.29, 0.717) is 6.04 Å². The Morgan fingerprint density at radius 3 is 2.24 bits per heavy atom. The lowest BCUT2D eigenvalue weighted by Gasteiger charge is -2.15. The Morgan fingerprint density at radius 1 is 1.05 bits per heavy atom. The molecule has 112 valence electrons. The SMILES string of the molecule is COc1c(Br)cc(CNC(C)Cc2ccccc2)cc1Br. The highest BCUT2D eigenvalue weighted by molar-refractivity contribution is 9.11. The second kappa shape index (κ2) is 7.97. The largest absolute Gasteiger partial charge is 0.494 e. The first kappa shape index (κ1) is 16.5. The Bertz CT molecular complexity index is 564. The Labute approximate surface area is 143 Å². The number of nitrogens with one attached hydrogen (secondary N) is 1. The number of hydrogen-bond acceptors (Lipinski definition) is 2. The molecule has 0 fully saturated rings. The third-order valence-electron chi connectivity index (χ3n) is 3.30. The fourth-order valence-corrected chi connectivity index (χ4v) is 3.85. The van der Waals surface area contributed by atoms with Crippen LogP contribution in [0.15, 0.2) is 51.4 Å². The van der Waals surface area contributed by atoms with Crippen molar-refractivity contribution < 1.29 is 4.74 Å². The van der Waals surface area contributed by atoms with E-state index in [9.17, 15) is 0 Å². The summed E-state index contributed by atoms with van der Waals surface area (Å²) in [6, 6.07) is 15.1. The van der Waals surface area contributed by atoms with Crippen LogP contribution in [-0.2, 0) is 13.0 Å². The Hall–Kier alpha value is -0.840. The third kappa shape index (κ3) is 4.83. The van der Waals surface area contributed by atoms with Gasteiger partial charge in [-0.2, -0.15) is 0 Å². The predicted molar refractivity (Wildman–Crippen MR) is 94.8 cm³/mol. The highest BCUT2D eigenvalue weighted by Crippen LogP contribution is 2.34. The molecule has 0 heterocycles. The number of hydrogen-bond donors (Lipinski definition) is 1. The summed E-state index contributed by atoms with van der Waals surface area (Å²) < 4.78 is 7.25. The molecule has 0 amide bonds. The van der Waals surface area contributed by atoms with E-state index in [4.69, 9.17) is 4.74 Å². The van der Waals surface area contributed by atoms with Crippen LogP contribution >= 0.6 is 31.9 Å². The zero-order chi connectivity index (χ0) is 15.2. The van der Waals surface area contributed by atoms with E-state index in [0.717, 1.165) is 27.7 Å². The quantitative estimate of drug-likeness (QED) is 0.725. The summed E-state index contributed by atoms with van der Waals surface area (Å²) in [6.45, 7) is 3.04. The molecule has 0 bridgehead atoms. The summed E-state index contributed by atoms with van der Waals surface area (Å²) in [5, 5.41) is 3.56. The molecule has 0 spiro atoms. The molecule has 0 radical (unpaired) electrons. The molecule has 1 N–H and O–H groups in total. The van der Waals surface area contributed by atoms with Crippen LogP contribution in [0, 0.1) is 0 Å². The standard InChI is InChI=1S/C17H19Br2NO/c1-12(8-13-6-4-3-5-7-13)20-11-14-9-15(18)17(21-2)16(19)10-14/h3-7,9-10,12,20H,8,11H2,1-2H3. The Morgan fingerprint density at radius 2 is 1.67 bits per heavy atom. The normalized spacial score (nSPS) is 12.2. The number of methoxy groups -OCH3 is 1. The van der Waals surface area contributed by atoms with Gasteiger partial charge >= 0.3 is 0 Å². The maximum atomic E-state index is 5.32. The lowest BCUT2D eigenvalue weighted by Crippen LogP contribution is -2.27. The fraction of sp³-hybridized carbons (Fsp3) is 0.294. The second-order valence-electron chi connectivity index (χ2n) is 5.06. The maximum absolute atomic E-state index is 5.32. The molecule has 1 atom stereocenters. The van der Waals surface area contributed by atoms with Crippen molar-refractivity contribution in [2.45, 2.75) is 25.9 Å². The first-order valence-corrected chi connectivity index (χ1v) is 8.48. The van der Waals surface area contributed by atoms with Gasteiger partial charge in [0.25, 0.3) is 0 Å². The summed E-state index contributed by atoms with van der Waals surface area (Å²) in [5.41, 5.74) is 2.57. The average molecular weight is 413 g/mol. The molecular formula is C17H19Br2NO.